The van der Waals surface area contributed by atoms with Crippen molar-refractivity contribution in [3.63, 3.8) is 0 Å². The lowest BCUT2D eigenvalue weighted by Gasteiger charge is -2.29. The monoisotopic (exact) mass is 229 g/mol. The van der Waals surface area contributed by atoms with E-state index in [0.29, 0.717) is 26.0 Å². The maximum absolute atomic E-state index is 12.1. The molecule has 1 saturated carbocycles. The highest BCUT2D eigenvalue weighted by molar-refractivity contribution is 6.04. The molecular formula is C11H19NO4. The number of hydrogen-bond acceptors (Lipinski definition) is 3. The molecule has 0 aromatic heterocycles. The summed E-state index contributed by atoms with van der Waals surface area (Å²) in [5.74, 6) is -1.27. The molecule has 1 rings (SSSR count). The number of carbonyl (C=O) groups is 2. The Balaban J connectivity index is 2.72. The Bertz CT molecular complexity index is 284. The van der Waals surface area contributed by atoms with Crippen LogP contribution in [0.2, 0.25) is 0 Å². The van der Waals surface area contributed by atoms with Crippen LogP contribution in [0.25, 0.3) is 0 Å². The highest BCUT2D eigenvalue weighted by Crippen LogP contribution is 2.47. The zero-order valence-corrected chi connectivity index (χ0v) is 10.0. The highest BCUT2D eigenvalue weighted by Gasteiger charge is 2.58. The molecule has 16 heavy (non-hydrogen) atoms. The lowest BCUT2D eigenvalue weighted by atomic mass is 10.0. The molecule has 0 aromatic carbocycles. The fourth-order valence-corrected chi connectivity index (χ4v) is 1.70. The van der Waals surface area contributed by atoms with Crippen molar-refractivity contribution in [2.75, 3.05) is 20.3 Å². The Labute approximate surface area is 95.4 Å². The summed E-state index contributed by atoms with van der Waals surface area (Å²) in [6, 6.07) is -0.000486. The van der Waals surface area contributed by atoms with E-state index >= 15 is 0 Å². The fourth-order valence-electron chi connectivity index (χ4n) is 1.70. The van der Waals surface area contributed by atoms with Gasteiger partial charge in [-0.25, -0.2) is 0 Å². The second-order valence-corrected chi connectivity index (χ2v) is 4.47. The second kappa shape index (κ2) is 4.82. The molecule has 1 N–H and O–H groups in total. The number of carboxylic acid groups (broad SMARTS) is 1. The van der Waals surface area contributed by atoms with Gasteiger partial charge < -0.3 is 14.7 Å². The van der Waals surface area contributed by atoms with Crippen LogP contribution in [-0.4, -0.2) is 48.2 Å². The van der Waals surface area contributed by atoms with Gasteiger partial charge in [0.1, 0.15) is 5.41 Å². The predicted octanol–water partition coefficient (Wildman–Crippen LogP) is 0.735. The summed E-state index contributed by atoms with van der Waals surface area (Å²) in [5, 5.41) is 9.05. The first-order valence-corrected chi connectivity index (χ1v) is 5.49. The summed E-state index contributed by atoms with van der Waals surface area (Å²) in [5.41, 5.74) is -1.14. The lowest BCUT2D eigenvalue weighted by molar-refractivity contribution is -0.154. The average Bonchev–Trinajstić information content (AvgIpc) is 2.98. The van der Waals surface area contributed by atoms with Crippen molar-refractivity contribution in [3.8, 4) is 0 Å². The summed E-state index contributed by atoms with van der Waals surface area (Å²) in [6.45, 7) is 4.64. The van der Waals surface area contributed by atoms with Crippen molar-refractivity contribution >= 4 is 11.9 Å². The predicted molar refractivity (Wildman–Crippen MR) is 58.0 cm³/mol. The minimum atomic E-state index is -1.14. The standard InChI is InChI=1S/C11H19NO4/c1-8(2)12(6-7-16-3)9(13)11(4-5-11)10(14)15/h8H,4-7H2,1-3H3,(H,14,15). The molecule has 0 atom stereocenters. The van der Waals surface area contributed by atoms with Gasteiger partial charge in [0.05, 0.1) is 6.61 Å². The van der Waals surface area contributed by atoms with E-state index in [1.54, 1.807) is 12.0 Å². The largest absolute Gasteiger partial charge is 0.480 e. The van der Waals surface area contributed by atoms with E-state index in [1.807, 2.05) is 13.8 Å². The normalized spacial score (nSPS) is 17.2. The Morgan fingerprint density at radius 2 is 2.00 bits per heavy atom. The number of nitrogens with zero attached hydrogens (tertiary/aromatic N) is 1. The molecule has 0 spiro atoms. The van der Waals surface area contributed by atoms with E-state index in [4.69, 9.17) is 9.84 Å². The number of ether oxygens (including phenoxy) is 1. The number of hydrogen-bond donors (Lipinski definition) is 1. The number of aliphatic carboxylic acids is 1. The van der Waals surface area contributed by atoms with Crippen molar-refractivity contribution in [3.05, 3.63) is 0 Å². The molecule has 0 bridgehead atoms. The maximum atomic E-state index is 12.1. The van der Waals surface area contributed by atoms with Crippen LogP contribution in [0.1, 0.15) is 26.7 Å². The van der Waals surface area contributed by atoms with Crippen LogP contribution in [0.15, 0.2) is 0 Å². The molecule has 92 valence electrons. The van der Waals surface area contributed by atoms with Crippen LogP contribution in [0.5, 0.6) is 0 Å². The Hall–Kier alpha value is -1.10. The van der Waals surface area contributed by atoms with Crippen molar-refractivity contribution in [1.29, 1.82) is 0 Å². The van der Waals surface area contributed by atoms with Crippen molar-refractivity contribution in [2.24, 2.45) is 5.41 Å². The maximum Gasteiger partial charge on any atom is 0.319 e. The quantitative estimate of drug-likeness (QED) is 0.682. The molecular weight excluding hydrogens is 210 g/mol. The summed E-state index contributed by atoms with van der Waals surface area (Å²) < 4.78 is 4.92. The molecule has 5 nitrogen and oxygen atoms in total. The molecule has 5 heteroatoms. The van der Waals surface area contributed by atoms with E-state index < -0.39 is 11.4 Å². The van der Waals surface area contributed by atoms with Crippen molar-refractivity contribution in [1.82, 2.24) is 4.90 Å². The number of methoxy groups -OCH3 is 1. The van der Waals surface area contributed by atoms with Gasteiger partial charge in [0.25, 0.3) is 0 Å². The zero-order valence-electron chi connectivity index (χ0n) is 10.0. The van der Waals surface area contributed by atoms with Gasteiger partial charge in [-0.15, -0.1) is 0 Å². The van der Waals surface area contributed by atoms with Gasteiger partial charge in [0.2, 0.25) is 5.91 Å². The fraction of sp³-hybridized carbons (Fsp3) is 0.818. The number of amides is 1. The van der Waals surface area contributed by atoms with Crippen LogP contribution in [0.3, 0.4) is 0 Å². The molecule has 0 aromatic rings. The number of carbonyl (C=O) groups excluding carboxylic acids is 1. The molecule has 1 aliphatic carbocycles. The zero-order chi connectivity index (χ0) is 12.3. The molecule has 0 radical (unpaired) electrons. The van der Waals surface area contributed by atoms with Gasteiger partial charge in [0, 0.05) is 19.7 Å². The van der Waals surface area contributed by atoms with Crippen LogP contribution in [0, 0.1) is 5.41 Å². The Morgan fingerprint density at radius 3 is 2.31 bits per heavy atom. The highest BCUT2D eigenvalue weighted by atomic mass is 16.5. The van der Waals surface area contributed by atoms with Crippen molar-refractivity contribution in [2.45, 2.75) is 32.7 Å². The van der Waals surface area contributed by atoms with Crippen LogP contribution in [-0.2, 0) is 14.3 Å². The number of carboxylic acids is 1. The minimum absolute atomic E-state index is 0.000486. The molecule has 1 aliphatic rings. The topological polar surface area (TPSA) is 66.8 Å². The molecule has 0 unspecified atom stereocenters. The van der Waals surface area contributed by atoms with Gasteiger partial charge in [-0.05, 0) is 26.7 Å². The first-order chi connectivity index (χ1) is 7.45. The molecule has 1 amide bonds. The Kier molecular flexibility index (Phi) is 3.91. The van der Waals surface area contributed by atoms with E-state index in [0.717, 1.165) is 0 Å². The summed E-state index contributed by atoms with van der Waals surface area (Å²) in [6.07, 6.45) is 0.911. The van der Waals surface area contributed by atoms with Gasteiger partial charge in [-0.2, -0.15) is 0 Å². The van der Waals surface area contributed by atoms with Gasteiger partial charge in [-0.3, -0.25) is 9.59 Å². The molecule has 1 fully saturated rings. The first-order valence-electron chi connectivity index (χ1n) is 5.49. The third-order valence-electron chi connectivity index (χ3n) is 2.99. The lowest BCUT2D eigenvalue weighted by Crippen LogP contribution is -2.46. The summed E-state index contributed by atoms with van der Waals surface area (Å²) >= 11 is 0. The second-order valence-electron chi connectivity index (χ2n) is 4.47. The van der Waals surface area contributed by atoms with Gasteiger partial charge in [0.15, 0.2) is 0 Å². The number of rotatable bonds is 6. The minimum Gasteiger partial charge on any atom is -0.480 e. The first kappa shape index (κ1) is 13.0. The smallest absolute Gasteiger partial charge is 0.319 e. The van der Waals surface area contributed by atoms with Gasteiger partial charge >= 0.3 is 5.97 Å². The van der Waals surface area contributed by atoms with E-state index in [9.17, 15) is 9.59 Å². The van der Waals surface area contributed by atoms with Crippen molar-refractivity contribution < 1.29 is 19.4 Å². The third kappa shape index (κ3) is 2.35. The SMILES string of the molecule is COCCN(C(=O)C1(C(=O)O)CC1)C(C)C. The van der Waals surface area contributed by atoms with Crippen LogP contribution < -0.4 is 0 Å². The third-order valence-corrected chi connectivity index (χ3v) is 2.99. The van der Waals surface area contributed by atoms with E-state index in [2.05, 4.69) is 0 Å². The summed E-state index contributed by atoms with van der Waals surface area (Å²) in [4.78, 5) is 24.7. The summed E-state index contributed by atoms with van der Waals surface area (Å²) in [7, 11) is 1.56. The molecule has 0 saturated heterocycles. The van der Waals surface area contributed by atoms with E-state index in [1.165, 1.54) is 0 Å². The van der Waals surface area contributed by atoms with Crippen LogP contribution in [0.4, 0.5) is 0 Å². The molecule has 0 aliphatic heterocycles. The average molecular weight is 229 g/mol. The van der Waals surface area contributed by atoms with E-state index in [-0.39, 0.29) is 11.9 Å². The van der Waals surface area contributed by atoms with Crippen LogP contribution >= 0.6 is 0 Å². The molecule has 0 heterocycles. The van der Waals surface area contributed by atoms with Gasteiger partial charge in [-0.1, -0.05) is 0 Å². The Morgan fingerprint density at radius 1 is 1.44 bits per heavy atom.